The lowest BCUT2D eigenvalue weighted by atomic mass is 10.0. The number of aryl methyl sites for hydroxylation is 2. The van der Waals surface area contributed by atoms with Crippen molar-refractivity contribution < 1.29 is 0 Å². The van der Waals surface area contributed by atoms with E-state index in [0.29, 0.717) is 13.0 Å². The zero-order valence-electron chi connectivity index (χ0n) is 12.0. The molecule has 0 aliphatic heterocycles. The minimum atomic E-state index is 0.468. The first-order chi connectivity index (χ1) is 10.3. The number of hydrogen-bond donors (Lipinski definition) is 0. The summed E-state index contributed by atoms with van der Waals surface area (Å²) in [6.45, 7) is 7.32. The Bertz CT molecular complexity index is 580. The van der Waals surface area contributed by atoms with Crippen LogP contribution in [0.1, 0.15) is 28.7 Å². The third-order valence-corrected chi connectivity index (χ3v) is 3.52. The van der Waals surface area contributed by atoms with Crippen LogP contribution in [0, 0.1) is 17.9 Å². The second-order valence-electron chi connectivity index (χ2n) is 5.14. The van der Waals surface area contributed by atoms with Crippen LogP contribution in [0.25, 0.3) is 4.85 Å². The molecule has 0 saturated heterocycles. The number of nitrogens with zero attached hydrogens (tertiary/aromatic N) is 2. The number of hydrogen-bond acceptors (Lipinski definition) is 1. The SMILES string of the molecule is [C-]#[N+]Cc1ccc(CCCc2ccc(CC#N)cc2)cc1. The molecule has 0 bridgehead atoms. The maximum absolute atomic E-state index is 8.64. The smallest absolute Gasteiger partial charge is 0.239 e. The van der Waals surface area contributed by atoms with Crippen molar-refractivity contribution in [2.75, 3.05) is 0 Å². The normalized spacial score (nSPS) is 9.81. The summed E-state index contributed by atoms with van der Waals surface area (Å²) in [6, 6.07) is 18.8. The molecule has 0 radical (unpaired) electrons. The molecule has 21 heavy (non-hydrogen) atoms. The van der Waals surface area contributed by atoms with Gasteiger partial charge in [0.25, 0.3) is 0 Å². The fourth-order valence-corrected chi connectivity index (χ4v) is 2.31. The van der Waals surface area contributed by atoms with Crippen molar-refractivity contribution in [2.45, 2.75) is 32.2 Å². The lowest BCUT2D eigenvalue weighted by molar-refractivity contribution is 0.820. The van der Waals surface area contributed by atoms with Crippen LogP contribution in [-0.2, 0) is 25.8 Å². The molecule has 0 fully saturated rings. The molecule has 0 atom stereocenters. The van der Waals surface area contributed by atoms with E-state index < -0.39 is 0 Å². The topological polar surface area (TPSA) is 28.1 Å². The number of nitriles is 1. The maximum Gasteiger partial charge on any atom is 0.239 e. The quantitative estimate of drug-likeness (QED) is 0.720. The van der Waals surface area contributed by atoms with Crippen LogP contribution in [0.15, 0.2) is 48.5 Å². The minimum absolute atomic E-state index is 0.468. The highest BCUT2D eigenvalue weighted by Gasteiger charge is 1.99. The van der Waals surface area contributed by atoms with Gasteiger partial charge in [-0.25, -0.2) is 6.57 Å². The standard InChI is InChI=1S/C19H18N2/c1-21-15-19-11-9-17(10-12-19)4-2-3-16-5-7-18(8-6-16)13-14-20/h5-12H,2-4,13,15H2. The van der Waals surface area contributed by atoms with Gasteiger partial charge in [0, 0.05) is 5.56 Å². The largest absolute Gasteiger partial charge is 0.312 e. The minimum Gasteiger partial charge on any atom is -0.312 e. The monoisotopic (exact) mass is 274 g/mol. The van der Waals surface area contributed by atoms with Gasteiger partial charge >= 0.3 is 0 Å². The second kappa shape index (κ2) is 7.88. The molecule has 0 heterocycles. The molecular formula is C19H18N2. The molecule has 0 spiro atoms. The predicted octanol–water partition coefficient (Wildman–Crippen LogP) is 4.35. The first-order valence-corrected chi connectivity index (χ1v) is 7.17. The van der Waals surface area contributed by atoms with E-state index in [-0.39, 0.29) is 0 Å². The van der Waals surface area contributed by atoms with Gasteiger partial charge in [-0.2, -0.15) is 5.26 Å². The lowest BCUT2D eigenvalue weighted by Crippen LogP contribution is -1.91. The average Bonchev–Trinajstić information content (AvgIpc) is 2.51. The Hall–Kier alpha value is -2.58. The molecule has 0 N–H and O–H groups in total. The Labute approximate surface area is 126 Å². The molecule has 104 valence electrons. The van der Waals surface area contributed by atoms with E-state index in [1.165, 1.54) is 11.1 Å². The van der Waals surface area contributed by atoms with Crippen LogP contribution >= 0.6 is 0 Å². The van der Waals surface area contributed by atoms with E-state index in [0.717, 1.165) is 30.4 Å². The van der Waals surface area contributed by atoms with Crippen LogP contribution < -0.4 is 0 Å². The second-order valence-corrected chi connectivity index (χ2v) is 5.14. The molecule has 0 aromatic heterocycles. The van der Waals surface area contributed by atoms with Crippen LogP contribution in [-0.4, -0.2) is 0 Å². The first-order valence-electron chi connectivity index (χ1n) is 7.17. The van der Waals surface area contributed by atoms with Crippen molar-refractivity contribution >= 4 is 0 Å². The molecule has 2 rings (SSSR count). The molecule has 0 saturated carbocycles. The summed E-state index contributed by atoms with van der Waals surface area (Å²) in [5, 5.41) is 8.64. The zero-order chi connectivity index (χ0) is 14.9. The molecule has 0 amide bonds. The summed E-state index contributed by atoms with van der Waals surface area (Å²) in [7, 11) is 0. The van der Waals surface area contributed by atoms with Crippen molar-refractivity contribution in [3.8, 4) is 6.07 Å². The predicted molar refractivity (Wildman–Crippen MR) is 84.5 cm³/mol. The van der Waals surface area contributed by atoms with Gasteiger partial charge in [-0.3, -0.25) is 0 Å². The van der Waals surface area contributed by atoms with Crippen molar-refractivity contribution in [3.05, 3.63) is 82.2 Å². The molecular weight excluding hydrogens is 256 g/mol. The summed E-state index contributed by atoms with van der Waals surface area (Å²) in [5.74, 6) is 0. The maximum atomic E-state index is 8.64. The Morgan fingerprint density at radius 1 is 0.810 bits per heavy atom. The van der Waals surface area contributed by atoms with E-state index in [4.69, 9.17) is 11.8 Å². The van der Waals surface area contributed by atoms with Crippen molar-refractivity contribution in [1.29, 1.82) is 5.26 Å². The summed E-state index contributed by atoms with van der Waals surface area (Å²) < 4.78 is 0. The van der Waals surface area contributed by atoms with Crippen LogP contribution in [0.2, 0.25) is 0 Å². The highest BCUT2D eigenvalue weighted by Crippen LogP contribution is 2.11. The third-order valence-electron chi connectivity index (χ3n) is 3.52. The van der Waals surface area contributed by atoms with Gasteiger partial charge in [-0.05, 0) is 36.0 Å². The third kappa shape index (κ3) is 4.79. The fourth-order valence-electron chi connectivity index (χ4n) is 2.31. The van der Waals surface area contributed by atoms with Crippen molar-refractivity contribution in [1.82, 2.24) is 0 Å². The van der Waals surface area contributed by atoms with Crippen LogP contribution in [0.5, 0.6) is 0 Å². The molecule has 2 heteroatoms. The molecule has 0 aliphatic rings. The van der Waals surface area contributed by atoms with E-state index in [2.05, 4.69) is 35.2 Å². The van der Waals surface area contributed by atoms with E-state index in [9.17, 15) is 0 Å². The Morgan fingerprint density at radius 3 is 1.76 bits per heavy atom. The first kappa shape index (κ1) is 14.8. The zero-order valence-corrected chi connectivity index (χ0v) is 12.0. The van der Waals surface area contributed by atoms with E-state index in [1.54, 1.807) is 0 Å². The van der Waals surface area contributed by atoms with Gasteiger partial charge < -0.3 is 4.85 Å². The molecule has 0 aliphatic carbocycles. The van der Waals surface area contributed by atoms with E-state index >= 15 is 0 Å². The summed E-state index contributed by atoms with van der Waals surface area (Å²) in [4.78, 5) is 3.39. The highest BCUT2D eigenvalue weighted by atomic mass is 14.6. The molecule has 2 aromatic rings. The molecule has 2 nitrogen and oxygen atoms in total. The summed E-state index contributed by atoms with van der Waals surface area (Å²) in [6.07, 6.45) is 3.70. The Balaban J connectivity index is 1.81. The fraction of sp³-hybridized carbons (Fsp3) is 0.263. The lowest BCUT2D eigenvalue weighted by Gasteiger charge is -2.04. The van der Waals surface area contributed by atoms with Gasteiger partial charge in [0.2, 0.25) is 6.54 Å². The van der Waals surface area contributed by atoms with Crippen molar-refractivity contribution in [3.63, 3.8) is 0 Å². The van der Waals surface area contributed by atoms with E-state index in [1.807, 2.05) is 24.3 Å². The Kier molecular flexibility index (Phi) is 5.56. The van der Waals surface area contributed by atoms with Gasteiger partial charge in [-0.1, -0.05) is 48.5 Å². The van der Waals surface area contributed by atoms with Gasteiger partial charge in [0.1, 0.15) is 0 Å². The molecule has 2 aromatic carbocycles. The van der Waals surface area contributed by atoms with Crippen LogP contribution in [0.3, 0.4) is 0 Å². The van der Waals surface area contributed by atoms with Gasteiger partial charge in [0.05, 0.1) is 12.5 Å². The van der Waals surface area contributed by atoms with Gasteiger partial charge in [-0.15, -0.1) is 0 Å². The highest BCUT2D eigenvalue weighted by molar-refractivity contribution is 5.26. The van der Waals surface area contributed by atoms with Crippen molar-refractivity contribution in [2.24, 2.45) is 0 Å². The summed E-state index contributed by atoms with van der Waals surface area (Å²) >= 11 is 0. The average molecular weight is 274 g/mol. The van der Waals surface area contributed by atoms with Gasteiger partial charge in [0.15, 0.2) is 0 Å². The Morgan fingerprint density at radius 2 is 1.29 bits per heavy atom. The number of rotatable bonds is 6. The van der Waals surface area contributed by atoms with Crippen LogP contribution in [0.4, 0.5) is 0 Å². The number of benzene rings is 2. The molecule has 0 unspecified atom stereocenters. The summed E-state index contributed by atoms with van der Waals surface area (Å²) in [5.41, 5.74) is 4.81.